The first-order valence-corrected chi connectivity index (χ1v) is 6.61. The van der Waals surface area contributed by atoms with Crippen LogP contribution < -0.4 is 10.1 Å². The maximum Gasteiger partial charge on any atom is 0.123 e. The second-order valence-corrected chi connectivity index (χ2v) is 4.68. The van der Waals surface area contributed by atoms with Crippen molar-refractivity contribution in [1.29, 1.82) is 0 Å². The van der Waals surface area contributed by atoms with Crippen LogP contribution in [0.5, 0.6) is 5.75 Å². The smallest absolute Gasteiger partial charge is 0.123 e. The molecule has 0 aliphatic carbocycles. The molecule has 2 atom stereocenters. The lowest BCUT2D eigenvalue weighted by Crippen LogP contribution is -2.35. The lowest BCUT2D eigenvalue weighted by atomic mass is 10.00. The number of ether oxygens (including phenoxy) is 1. The first kappa shape index (κ1) is 12.1. The Morgan fingerprint density at radius 3 is 2.84 bits per heavy atom. The molecule has 4 nitrogen and oxygen atoms in total. The molecule has 2 aromatic rings. The molecule has 0 fully saturated rings. The van der Waals surface area contributed by atoms with E-state index in [1.54, 1.807) is 6.33 Å². The van der Waals surface area contributed by atoms with Gasteiger partial charge in [-0.3, -0.25) is 0 Å². The quantitative estimate of drug-likeness (QED) is 0.909. The molecule has 4 heteroatoms. The van der Waals surface area contributed by atoms with Crippen molar-refractivity contribution in [2.24, 2.45) is 0 Å². The van der Waals surface area contributed by atoms with E-state index in [2.05, 4.69) is 34.3 Å². The zero-order chi connectivity index (χ0) is 13.1. The van der Waals surface area contributed by atoms with E-state index >= 15 is 0 Å². The molecule has 1 N–H and O–H groups in total. The predicted molar refractivity (Wildman–Crippen MR) is 73.0 cm³/mol. The van der Waals surface area contributed by atoms with E-state index in [1.165, 1.54) is 5.56 Å². The minimum absolute atomic E-state index is 0.100. The molecule has 2 heterocycles. The van der Waals surface area contributed by atoms with E-state index < -0.39 is 0 Å². The van der Waals surface area contributed by atoms with Gasteiger partial charge < -0.3 is 10.1 Å². The van der Waals surface area contributed by atoms with E-state index in [4.69, 9.17) is 4.74 Å². The molecule has 1 aliphatic heterocycles. The SMILES string of the molecule is CCNC(c1cncnc1)C1Cc2ccccc2O1. The van der Waals surface area contributed by atoms with Crippen molar-refractivity contribution < 1.29 is 4.74 Å². The zero-order valence-electron chi connectivity index (χ0n) is 10.9. The van der Waals surface area contributed by atoms with E-state index in [-0.39, 0.29) is 12.1 Å². The summed E-state index contributed by atoms with van der Waals surface area (Å²) >= 11 is 0. The van der Waals surface area contributed by atoms with Crippen LogP contribution in [-0.4, -0.2) is 22.6 Å². The normalized spacial score (nSPS) is 18.7. The number of rotatable bonds is 4. The first-order chi connectivity index (χ1) is 9.38. The fraction of sp³-hybridized carbons (Fsp3) is 0.333. The van der Waals surface area contributed by atoms with Gasteiger partial charge >= 0.3 is 0 Å². The van der Waals surface area contributed by atoms with Gasteiger partial charge in [0.15, 0.2) is 0 Å². The van der Waals surface area contributed by atoms with Crippen LogP contribution >= 0.6 is 0 Å². The highest BCUT2D eigenvalue weighted by Gasteiger charge is 2.30. The third-order valence-electron chi connectivity index (χ3n) is 3.41. The summed E-state index contributed by atoms with van der Waals surface area (Å²) in [5, 5.41) is 3.47. The number of likely N-dealkylation sites (N-methyl/N-ethyl adjacent to an activating group) is 1. The van der Waals surface area contributed by atoms with Gasteiger partial charge in [0.25, 0.3) is 0 Å². The Morgan fingerprint density at radius 2 is 2.11 bits per heavy atom. The summed E-state index contributed by atoms with van der Waals surface area (Å²) in [4.78, 5) is 8.20. The second kappa shape index (κ2) is 5.36. The number of nitrogens with one attached hydrogen (secondary N) is 1. The van der Waals surface area contributed by atoms with Crippen LogP contribution in [-0.2, 0) is 6.42 Å². The highest BCUT2D eigenvalue weighted by molar-refractivity contribution is 5.38. The highest BCUT2D eigenvalue weighted by atomic mass is 16.5. The summed E-state index contributed by atoms with van der Waals surface area (Å²) in [7, 11) is 0. The van der Waals surface area contributed by atoms with E-state index in [0.717, 1.165) is 24.3 Å². The summed E-state index contributed by atoms with van der Waals surface area (Å²) < 4.78 is 6.06. The van der Waals surface area contributed by atoms with Crippen LogP contribution in [0.15, 0.2) is 43.0 Å². The van der Waals surface area contributed by atoms with Crippen molar-refractivity contribution in [3.63, 3.8) is 0 Å². The van der Waals surface area contributed by atoms with Crippen molar-refractivity contribution in [3.8, 4) is 5.75 Å². The lowest BCUT2D eigenvalue weighted by Gasteiger charge is -2.23. The number of aromatic nitrogens is 2. The summed E-state index contributed by atoms with van der Waals surface area (Å²) in [5.41, 5.74) is 2.34. The number of hydrogen-bond acceptors (Lipinski definition) is 4. The van der Waals surface area contributed by atoms with Gasteiger partial charge in [-0.1, -0.05) is 25.1 Å². The Balaban J connectivity index is 1.84. The molecular formula is C15H17N3O. The number of hydrogen-bond donors (Lipinski definition) is 1. The number of benzene rings is 1. The van der Waals surface area contributed by atoms with Gasteiger partial charge in [0, 0.05) is 24.4 Å². The van der Waals surface area contributed by atoms with Crippen LogP contribution in [0.2, 0.25) is 0 Å². The average molecular weight is 255 g/mol. The molecule has 2 unspecified atom stereocenters. The molecule has 0 bridgehead atoms. The molecule has 0 amide bonds. The monoisotopic (exact) mass is 255 g/mol. The fourth-order valence-corrected chi connectivity index (χ4v) is 2.55. The summed E-state index contributed by atoms with van der Waals surface area (Å²) in [6.07, 6.45) is 6.28. The molecule has 98 valence electrons. The largest absolute Gasteiger partial charge is 0.488 e. The second-order valence-electron chi connectivity index (χ2n) is 4.68. The molecule has 0 spiro atoms. The van der Waals surface area contributed by atoms with Crippen molar-refractivity contribution in [2.75, 3.05) is 6.54 Å². The van der Waals surface area contributed by atoms with Gasteiger partial charge in [0.1, 0.15) is 18.2 Å². The summed E-state index contributed by atoms with van der Waals surface area (Å²) in [6, 6.07) is 8.34. The molecule has 1 aromatic carbocycles. The van der Waals surface area contributed by atoms with Gasteiger partial charge in [0.05, 0.1) is 6.04 Å². The molecule has 0 saturated carbocycles. The van der Waals surface area contributed by atoms with Crippen LogP contribution in [0.1, 0.15) is 24.1 Å². The van der Waals surface area contributed by atoms with E-state index in [9.17, 15) is 0 Å². The molecule has 19 heavy (non-hydrogen) atoms. The van der Waals surface area contributed by atoms with Gasteiger partial charge in [0.2, 0.25) is 0 Å². The van der Waals surface area contributed by atoms with Crippen LogP contribution in [0, 0.1) is 0 Å². The number of fused-ring (bicyclic) bond motifs is 1. The number of nitrogens with zero attached hydrogens (tertiary/aromatic N) is 2. The Morgan fingerprint density at radius 1 is 1.32 bits per heavy atom. The van der Waals surface area contributed by atoms with Crippen molar-refractivity contribution in [2.45, 2.75) is 25.5 Å². The fourth-order valence-electron chi connectivity index (χ4n) is 2.55. The highest BCUT2D eigenvalue weighted by Crippen LogP contribution is 2.33. The van der Waals surface area contributed by atoms with Gasteiger partial charge in [-0.2, -0.15) is 0 Å². The van der Waals surface area contributed by atoms with Crippen LogP contribution in [0.4, 0.5) is 0 Å². The zero-order valence-corrected chi connectivity index (χ0v) is 10.9. The third-order valence-corrected chi connectivity index (χ3v) is 3.41. The standard InChI is InChI=1S/C15H17N3O/c1-2-18-15(12-8-16-10-17-9-12)14-7-11-5-3-4-6-13(11)19-14/h3-6,8-10,14-15,18H,2,7H2,1H3. The maximum atomic E-state index is 6.06. The van der Waals surface area contributed by atoms with Gasteiger partial charge in [-0.25, -0.2) is 9.97 Å². The molecule has 3 rings (SSSR count). The van der Waals surface area contributed by atoms with Gasteiger partial charge in [-0.05, 0) is 18.2 Å². The van der Waals surface area contributed by atoms with Crippen molar-refractivity contribution in [3.05, 3.63) is 54.1 Å². The molecule has 1 aromatic heterocycles. The average Bonchev–Trinajstić information content (AvgIpc) is 2.89. The lowest BCUT2D eigenvalue weighted by molar-refractivity contribution is 0.179. The minimum atomic E-state index is 0.100. The minimum Gasteiger partial charge on any atom is -0.488 e. The summed E-state index contributed by atoms with van der Waals surface area (Å²) in [6.45, 7) is 2.98. The molecule has 1 aliphatic rings. The van der Waals surface area contributed by atoms with Gasteiger partial charge in [-0.15, -0.1) is 0 Å². The maximum absolute atomic E-state index is 6.06. The molecule has 0 saturated heterocycles. The van der Waals surface area contributed by atoms with Crippen LogP contribution in [0.25, 0.3) is 0 Å². The Hall–Kier alpha value is -1.94. The third kappa shape index (κ3) is 2.44. The Labute approximate surface area is 112 Å². The Bertz CT molecular complexity index is 519. The summed E-state index contributed by atoms with van der Waals surface area (Å²) in [5.74, 6) is 0.993. The van der Waals surface area contributed by atoms with E-state index in [0.29, 0.717) is 0 Å². The molecule has 0 radical (unpaired) electrons. The number of para-hydroxylation sites is 1. The van der Waals surface area contributed by atoms with Crippen molar-refractivity contribution >= 4 is 0 Å². The van der Waals surface area contributed by atoms with E-state index in [1.807, 2.05) is 24.5 Å². The topological polar surface area (TPSA) is 47.0 Å². The van der Waals surface area contributed by atoms with Crippen molar-refractivity contribution in [1.82, 2.24) is 15.3 Å². The van der Waals surface area contributed by atoms with Crippen LogP contribution in [0.3, 0.4) is 0 Å². The Kier molecular flexibility index (Phi) is 3.42. The first-order valence-electron chi connectivity index (χ1n) is 6.61. The predicted octanol–water partition coefficient (Wildman–Crippen LogP) is 2.13. The molecular weight excluding hydrogens is 238 g/mol.